The average Bonchev–Trinajstić information content (AvgIpc) is 3.22. The Kier molecular flexibility index (Phi) is 5.04. The summed E-state index contributed by atoms with van der Waals surface area (Å²) in [5.74, 6) is 0. The van der Waals surface area contributed by atoms with E-state index in [2.05, 4.69) is 107 Å². The SMILES string of the molecule is S=C(NCCc1c[nH]c2ccccc12)c1ccc(-c2ccc3ccccc3c2)cc1. The lowest BCUT2D eigenvalue weighted by Gasteiger charge is -2.09. The predicted molar refractivity (Wildman–Crippen MR) is 131 cm³/mol. The molecule has 2 nitrogen and oxygen atoms in total. The molecular weight excluding hydrogens is 384 g/mol. The second-order valence-electron chi connectivity index (χ2n) is 7.50. The number of nitrogens with one attached hydrogen (secondary N) is 2. The van der Waals surface area contributed by atoms with Crippen molar-refractivity contribution in [2.24, 2.45) is 0 Å². The summed E-state index contributed by atoms with van der Waals surface area (Å²) in [5.41, 5.74) is 5.96. The van der Waals surface area contributed by atoms with Crippen LogP contribution in [0.15, 0.2) is 97.2 Å². The molecule has 5 rings (SSSR count). The van der Waals surface area contributed by atoms with Gasteiger partial charge in [-0.25, -0.2) is 0 Å². The minimum atomic E-state index is 0.792. The highest BCUT2D eigenvalue weighted by atomic mass is 32.1. The highest BCUT2D eigenvalue weighted by Crippen LogP contribution is 2.25. The van der Waals surface area contributed by atoms with Crippen LogP contribution in [-0.2, 0) is 6.42 Å². The first-order chi connectivity index (χ1) is 14.8. The molecule has 0 saturated heterocycles. The van der Waals surface area contributed by atoms with Gasteiger partial charge in [-0.2, -0.15) is 0 Å². The Morgan fingerprint density at radius 3 is 2.37 bits per heavy atom. The molecule has 0 fully saturated rings. The highest BCUT2D eigenvalue weighted by molar-refractivity contribution is 7.80. The molecule has 146 valence electrons. The van der Waals surface area contributed by atoms with Gasteiger partial charge in [-0.1, -0.05) is 91.1 Å². The molecule has 2 N–H and O–H groups in total. The van der Waals surface area contributed by atoms with E-state index in [1.54, 1.807) is 0 Å². The van der Waals surface area contributed by atoms with Gasteiger partial charge in [0, 0.05) is 29.2 Å². The van der Waals surface area contributed by atoms with Crippen molar-refractivity contribution in [3.63, 3.8) is 0 Å². The summed E-state index contributed by atoms with van der Waals surface area (Å²) in [7, 11) is 0. The third-order valence-corrected chi connectivity index (χ3v) is 5.96. The minimum absolute atomic E-state index is 0.792. The molecule has 0 spiro atoms. The van der Waals surface area contributed by atoms with Crippen LogP contribution >= 0.6 is 12.2 Å². The van der Waals surface area contributed by atoms with Gasteiger partial charge in [0.2, 0.25) is 0 Å². The first kappa shape index (κ1) is 18.6. The van der Waals surface area contributed by atoms with E-state index in [1.807, 2.05) is 0 Å². The number of rotatable bonds is 5. The monoisotopic (exact) mass is 406 g/mol. The molecule has 5 aromatic rings. The van der Waals surface area contributed by atoms with Crippen molar-refractivity contribution in [1.29, 1.82) is 0 Å². The number of thiocarbonyl (C=S) groups is 1. The number of H-pyrrole nitrogens is 1. The summed E-state index contributed by atoms with van der Waals surface area (Å²) in [6.07, 6.45) is 3.02. The van der Waals surface area contributed by atoms with Gasteiger partial charge in [0.05, 0.1) is 0 Å². The van der Waals surface area contributed by atoms with E-state index in [1.165, 1.54) is 38.4 Å². The number of fused-ring (bicyclic) bond motifs is 2. The van der Waals surface area contributed by atoms with Crippen LogP contribution in [0.3, 0.4) is 0 Å². The number of para-hydroxylation sites is 1. The number of aromatic nitrogens is 1. The lowest BCUT2D eigenvalue weighted by molar-refractivity contribution is 0.880. The predicted octanol–water partition coefficient (Wildman–Crippen LogP) is 6.50. The Morgan fingerprint density at radius 1 is 0.767 bits per heavy atom. The van der Waals surface area contributed by atoms with Gasteiger partial charge in [0.1, 0.15) is 4.99 Å². The zero-order valence-electron chi connectivity index (χ0n) is 16.6. The fraction of sp³-hybridized carbons (Fsp3) is 0.0741. The van der Waals surface area contributed by atoms with Gasteiger partial charge >= 0.3 is 0 Å². The van der Waals surface area contributed by atoms with Crippen LogP contribution in [0.5, 0.6) is 0 Å². The summed E-state index contributed by atoms with van der Waals surface area (Å²) in [4.78, 5) is 4.12. The third kappa shape index (κ3) is 3.72. The van der Waals surface area contributed by atoms with Crippen molar-refractivity contribution in [2.45, 2.75) is 6.42 Å². The lowest BCUT2D eigenvalue weighted by atomic mass is 10.0. The fourth-order valence-corrected chi connectivity index (χ4v) is 4.17. The molecule has 0 radical (unpaired) electrons. The van der Waals surface area contributed by atoms with Gasteiger partial charge in [0.25, 0.3) is 0 Å². The summed E-state index contributed by atoms with van der Waals surface area (Å²) >= 11 is 5.62. The third-order valence-electron chi connectivity index (χ3n) is 5.58. The number of aromatic amines is 1. The van der Waals surface area contributed by atoms with Crippen LogP contribution in [0.4, 0.5) is 0 Å². The van der Waals surface area contributed by atoms with E-state index in [4.69, 9.17) is 12.2 Å². The molecule has 0 saturated carbocycles. The number of hydrogen-bond acceptors (Lipinski definition) is 1. The molecule has 30 heavy (non-hydrogen) atoms. The Bertz CT molecular complexity index is 1330. The summed E-state index contributed by atoms with van der Waals surface area (Å²) < 4.78 is 0. The summed E-state index contributed by atoms with van der Waals surface area (Å²) in [6, 6.07) is 31.9. The van der Waals surface area contributed by atoms with E-state index in [0.717, 1.165) is 23.5 Å². The topological polar surface area (TPSA) is 27.8 Å². The van der Waals surface area contributed by atoms with Crippen molar-refractivity contribution >= 4 is 38.9 Å². The maximum atomic E-state index is 5.62. The second kappa shape index (κ2) is 8.13. The smallest absolute Gasteiger partial charge is 0.106 e. The van der Waals surface area contributed by atoms with E-state index in [-0.39, 0.29) is 0 Å². The van der Waals surface area contributed by atoms with Gasteiger partial charge in [0.15, 0.2) is 0 Å². The molecule has 3 heteroatoms. The molecule has 0 aliphatic rings. The van der Waals surface area contributed by atoms with Crippen molar-refractivity contribution in [1.82, 2.24) is 10.3 Å². The Labute approximate surface area is 181 Å². The van der Waals surface area contributed by atoms with Crippen LogP contribution < -0.4 is 5.32 Å². The first-order valence-corrected chi connectivity index (χ1v) is 10.6. The Balaban J connectivity index is 1.25. The Hall–Kier alpha value is -3.43. The van der Waals surface area contributed by atoms with Crippen molar-refractivity contribution in [2.75, 3.05) is 6.54 Å². The first-order valence-electron chi connectivity index (χ1n) is 10.2. The standard InChI is InChI=1S/C27H22N2S/c30-27(28-16-15-24-18-29-26-8-4-3-7-25(24)26)21-12-9-20(10-13-21)23-14-11-19-5-1-2-6-22(19)17-23/h1-14,17-18,29H,15-16H2,(H,28,30). The quantitative estimate of drug-likeness (QED) is 0.326. The molecule has 1 heterocycles. The van der Waals surface area contributed by atoms with E-state index in [0.29, 0.717) is 0 Å². The Morgan fingerprint density at radius 2 is 1.50 bits per heavy atom. The number of hydrogen-bond donors (Lipinski definition) is 2. The van der Waals surface area contributed by atoms with Crippen LogP contribution in [0.1, 0.15) is 11.1 Å². The molecule has 4 aromatic carbocycles. The molecule has 0 aliphatic heterocycles. The van der Waals surface area contributed by atoms with Gasteiger partial charge in [-0.05, 0) is 46.0 Å². The molecule has 0 aliphatic carbocycles. The van der Waals surface area contributed by atoms with E-state index >= 15 is 0 Å². The van der Waals surface area contributed by atoms with Crippen molar-refractivity contribution in [3.8, 4) is 11.1 Å². The van der Waals surface area contributed by atoms with E-state index < -0.39 is 0 Å². The van der Waals surface area contributed by atoms with E-state index in [9.17, 15) is 0 Å². The second-order valence-corrected chi connectivity index (χ2v) is 7.91. The van der Waals surface area contributed by atoms with Gasteiger partial charge in [-0.15, -0.1) is 0 Å². The van der Waals surface area contributed by atoms with Crippen molar-refractivity contribution < 1.29 is 0 Å². The van der Waals surface area contributed by atoms with Crippen LogP contribution in [0.2, 0.25) is 0 Å². The number of benzene rings is 4. The van der Waals surface area contributed by atoms with Crippen LogP contribution in [0.25, 0.3) is 32.8 Å². The van der Waals surface area contributed by atoms with Crippen LogP contribution in [0, 0.1) is 0 Å². The molecule has 0 bridgehead atoms. The molecule has 0 amide bonds. The molecule has 0 atom stereocenters. The highest BCUT2D eigenvalue weighted by Gasteiger charge is 2.06. The molecule has 0 unspecified atom stereocenters. The fourth-order valence-electron chi connectivity index (χ4n) is 3.93. The lowest BCUT2D eigenvalue weighted by Crippen LogP contribution is -2.24. The summed E-state index contributed by atoms with van der Waals surface area (Å²) in [5, 5.41) is 7.21. The van der Waals surface area contributed by atoms with Gasteiger partial charge < -0.3 is 10.3 Å². The normalized spacial score (nSPS) is 11.1. The maximum absolute atomic E-state index is 5.62. The minimum Gasteiger partial charge on any atom is -0.375 e. The summed E-state index contributed by atoms with van der Waals surface area (Å²) in [6.45, 7) is 0.813. The average molecular weight is 407 g/mol. The zero-order chi connectivity index (χ0) is 20.3. The zero-order valence-corrected chi connectivity index (χ0v) is 17.4. The van der Waals surface area contributed by atoms with Gasteiger partial charge in [-0.3, -0.25) is 0 Å². The van der Waals surface area contributed by atoms with Crippen LogP contribution in [-0.4, -0.2) is 16.5 Å². The maximum Gasteiger partial charge on any atom is 0.106 e. The molecular formula is C27H22N2S. The molecule has 1 aromatic heterocycles. The van der Waals surface area contributed by atoms with Crippen molar-refractivity contribution in [3.05, 3.63) is 108 Å². The largest absolute Gasteiger partial charge is 0.375 e.